The van der Waals surface area contributed by atoms with Gasteiger partial charge in [-0.25, -0.2) is 12.1 Å². The molecule has 3 nitrogen and oxygen atoms in total. The summed E-state index contributed by atoms with van der Waals surface area (Å²) >= 11 is 0. The Morgan fingerprint density at radius 2 is 2.00 bits per heavy atom. The number of hydrogen-bond acceptors (Lipinski definition) is 2. The van der Waals surface area contributed by atoms with Crippen molar-refractivity contribution in [2.75, 3.05) is 0 Å². The van der Waals surface area contributed by atoms with Crippen LogP contribution in [0.1, 0.15) is 0 Å². The quantitative estimate of drug-likeness (QED) is 0.339. The molecule has 0 aliphatic rings. The van der Waals surface area contributed by atoms with Crippen LogP contribution < -0.4 is 0 Å². The molecule has 11 heavy (non-hydrogen) atoms. The smallest absolute Gasteiger partial charge is 0.0533 e. The number of rotatable bonds is 1. The summed E-state index contributed by atoms with van der Waals surface area (Å²) in [7, 11) is 0. The standard InChI is InChI=1S/C6H3NO2.2W/c8-7(9)6-4-2-1-3-5-6;;/h1-2,5H;;/q-2;;. The molecule has 0 aliphatic carbocycles. The first-order chi connectivity index (χ1) is 4.30. The van der Waals surface area contributed by atoms with Gasteiger partial charge in [-0.05, 0) is 4.92 Å². The van der Waals surface area contributed by atoms with Crippen molar-refractivity contribution in [1.29, 1.82) is 0 Å². The van der Waals surface area contributed by atoms with Crippen LogP contribution in [0.2, 0.25) is 0 Å². The molecule has 0 fully saturated rings. The van der Waals surface area contributed by atoms with Gasteiger partial charge < -0.3 is 6.07 Å². The van der Waals surface area contributed by atoms with Crippen LogP contribution in [0.25, 0.3) is 0 Å². The Morgan fingerprint density at radius 3 is 2.27 bits per heavy atom. The molecule has 0 N–H and O–H groups in total. The first-order valence-electron chi connectivity index (χ1n) is 2.33. The summed E-state index contributed by atoms with van der Waals surface area (Å²) in [5.41, 5.74) is -0.0440. The Hall–Kier alpha value is -0.00338. The van der Waals surface area contributed by atoms with Gasteiger partial charge in [0.25, 0.3) is 0 Å². The van der Waals surface area contributed by atoms with Crippen LogP contribution in [0.15, 0.2) is 18.2 Å². The molecular formula is C6H3NO2W2-2. The summed E-state index contributed by atoms with van der Waals surface area (Å²) in [5.74, 6) is 0. The van der Waals surface area contributed by atoms with Crippen LogP contribution in [0, 0.1) is 22.2 Å². The van der Waals surface area contributed by atoms with Crippen LogP contribution in [0.3, 0.4) is 0 Å². The molecule has 0 radical (unpaired) electrons. The number of hydrogen-bond donors (Lipinski definition) is 0. The second-order valence-corrected chi connectivity index (χ2v) is 1.43. The van der Waals surface area contributed by atoms with Crippen molar-refractivity contribution in [2.24, 2.45) is 0 Å². The molecule has 0 bridgehead atoms. The van der Waals surface area contributed by atoms with Gasteiger partial charge in [-0.2, -0.15) is 0 Å². The minimum atomic E-state index is -0.503. The predicted octanol–water partition coefficient (Wildman–Crippen LogP) is 1.19. The Bertz CT molecular complexity index is 215. The van der Waals surface area contributed by atoms with Crippen LogP contribution in [-0.2, 0) is 42.1 Å². The fourth-order valence-corrected chi connectivity index (χ4v) is 0.449. The summed E-state index contributed by atoms with van der Waals surface area (Å²) in [5, 5.41) is 9.96. The fourth-order valence-electron chi connectivity index (χ4n) is 0.449. The SMILES string of the molecule is O=[N+]([O-])c1[c-]cc[c-]c1.[W].[W]. The Morgan fingerprint density at radius 1 is 1.36 bits per heavy atom. The van der Waals surface area contributed by atoms with E-state index in [2.05, 4.69) is 12.1 Å². The van der Waals surface area contributed by atoms with Crippen molar-refractivity contribution in [1.82, 2.24) is 0 Å². The molecular weight excluding hydrogens is 486 g/mol. The van der Waals surface area contributed by atoms with E-state index in [1.165, 1.54) is 12.1 Å². The van der Waals surface area contributed by atoms with Gasteiger partial charge in [-0.1, -0.05) is 0 Å². The zero-order valence-electron chi connectivity index (χ0n) is 5.31. The number of nitro groups is 1. The number of nitrogens with zero attached hydrogens (tertiary/aromatic N) is 1. The molecule has 5 heteroatoms. The van der Waals surface area contributed by atoms with Crippen molar-refractivity contribution in [3.8, 4) is 0 Å². The van der Waals surface area contributed by atoms with Crippen molar-refractivity contribution < 1.29 is 47.1 Å². The molecule has 0 saturated heterocycles. The van der Waals surface area contributed by atoms with Gasteiger partial charge >= 0.3 is 0 Å². The molecule has 1 aromatic rings. The van der Waals surface area contributed by atoms with Crippen molar-refractivity contribution >= 4 is 5.69 Å². The molecule has 58 valence electrons. The third-order valence-electron chi connectivity index (χ3n) is 0.828. The van der Waals surface area contributed by atoms with E-state index in [0.29, 0.717) is 0 Å². The minimum absolute atomic E-state index is 0. The average molecular weight is 489 g/mol. The van der Waals surface area contributed by atoms with Crippen LogP contribution in [0.4, 0.5) is 5.69 Å². The molecule has 1 aromatic carbocycles. The second-order valence-electron chi connectivity index (χ2n) is 1.43. The van der Waals surface area contributed by atoms with Crippen LogP contribution >= 0.6 is 0 Å². The Kier molecular flexibility index (Phi) is 8.26. The van der Waals surface area contributed by atoms with Crippen LogP contribution in [-0.4, -0.2) is 4.92 Å². The summed E-state index contributed by atoms with van der Waals surface area (Å²) in [6, 6.07) is 9.30. The number of nitro benzene ring substituents is 1. The van der Waals surface area contributed by atoms with Gasteiger partial charge in [0, 0.05) is 42.1 Å². The Labute approximate surface area is 92.9 Å². The van der Waals surface area contributed by atoms with Gasteiger partial charge in [0.1, 0.15) is 0 Å². The maximum absolute atomic E-state index is 9.96. The summed E-state index contributed by atoms with van der Waals surface area (Å²) in [4.78, 5) is 9.45. The largest absolute Gasteiger partial charge is 0.313 e. The number of non-ortho nitro benzene ring substituents is 1. The molecule has 0 atom stereocenters. The maximum atomic E-state index is 9.96. The van der Waals surface area contributed by atoms with Crippen molar-refractivity contribution in [3.63, 3.8) is 0 Å². The predicted molar refractivity (Wildman–Crippen MR) is 30.8 cm³/mol. The third kappa shape index (κ3) is 4.44. The van der Waals surface area contributed by atoms with Gasteiger partial charge in [0.15, 0.2) is 0 Å². The molecule has 0 saturated carbocycles. The van der Waals surface area contributed by atoms with E-state index in [9.17, 15) is 10.1 Å². The molecule has 1 rings (SSSR count). The first kappa shape index (κ1) is 13.6. The van der Waals surface area contributed by atoms with Gasteiger partial charge in [0.05, 0.1) is 5.69 Å². The minimum Gasteiger partial charge on any atom is -0.313 e. The number of benzene rings is 1. The van der Waals surface area contributed by atoms with Gasteiger partial charge in [0.2, 0.25) is 0 Å². The molecule has 0 aromatic heterocycles. The van der Waals surface area contributed by atoms with E-state index in [1.54, 1.807) is 6.07 Å². The first-order valence-corrected chi connectivity index (χ1v) is 2.33. The topological polar surface area (TPSA) is 43.1 Å². The summed E-state index contributed by atoms with van der Waals surface area (Å²) < 4.78 is 0. The molecule has 0 spiro atoms. The van der Waals surface area contributed by atoms with E-state index in [1.807, 2.05) is 0 Å². The zero-order chi connectivity index (χ0) is 6.69. The van der Waals surface area contributed by atoms with E-state index < -0.39 is 4.92 Å². The molecule has 0 amide bonds. The monoisotopic (exact) mass is 489 g/mol. The summed E-state index contributed by atoms with van der Waals surface area (Å²) in [6.07, 6.45) is 0. The van der Waals surface area contributed by atoms with E-state index in [-0.39, 0.29) is 47.8 Å². The third-order valence-corrected chi connectivity index (χ3v) is 0.828. The van der Waals surface area contributed by atoms with Gasteiger partial charge in [-0.15, -0.1) is 0 Å². The average Bonchev–Trinajstić information content (AvgIpc) is 1.90. The fraction of sp³-hybridized carbons (Fsp3) is 0. The molecule has 0 heterocycles. The summed E-state index contributed by atoms with van der Waals surface area (Å²) in [6.45, 7) is 0. The molecule has 0 unspecified atom stereocenters. The van der Waals surface area contributed by atoms with Crippen LogP contribution in [0.5, 0.6) is 0 Å². The van der Waals surface area contributed by atoms with E-state index >= 15 is 0 Å². The van der Waals surface area contributed by atoms with E-state index in [0.717, 1.165) is 0 Å². The van der Waals surface area contributed by atoms with E-state index in [4.69, 9.17) is 0 Å². The second kappa shape index (κ2) is 6.69. The van der Waals surface area contributed by atoms with Crippen molar-refractivity contribution in [3.05, 3.63) is 40.4 Å². The Balaban J connectivity index is 0. The normalized spacial score (nSPS) is 7.27. The zero-order valence-corrected chi connectivity index (χ0v) is 11.2. The molecule has 0 aliphatic heterocycles. The van der Waals surface area contributed by atoms with Crippen molar-refractivity contribution in [2.45, 2.75) is 0 Å². The maximum Gasteiger partial charge on any atom is 0.0533 e. The van der Waals surface area contributed by atoms with Gasteiger partial charge in [-0.3, -0.25) is 22.2 Å².